The number of nitrogens with zero attached hydrogens (tertiary/aromatic N) is 1. The lowest BCUT2D eigenvalue weighted by atomic mass is 10.2. The van der Waals surface area contributed by atoms with Crippen LogP contribution in [0.25, 0.3) is 10.9 Å². The summed E-state index contributed by atoms with van der Waals surface area (Å²) in [6, 6.07) is 15.5. The van der Waals surface area contributed by atoms with Crippen LogP contribution >= 0.6 is 15.9 Å². The average molecular weight is 379 g/mol. The molecule has 0 aliphatic heterocycles. The number of halogens is 1. The predicted molar refractivity (Wildman–Crippen MR) is 89.3 cm³/mol. The lowest BCUT2D eigenvalue weighted by molar-refractivity contribution is 0.309. The summed E-state index contributed by atoms with van der Waals surface area (Å²) in [5.41, 5.74) is 1.83. The number of aromatic nitrogens is 1. The molecule has 6 heteroatoms. The lowest BCUT2D eigenvalue weighted by Crippen LogP contribution is -2.04. The molecule has 0 amide bonds. The molecule has 0 saturated heterocycles. The van der Waals surface area contributed by atoms with Gasteiger partial charge in [0.05, 0.1) is 11.4 Å². The second kappa shape index (κ2) is 6.64. The Labute approximate surface area is 139 Å². The first kappa shape index (κ1) is 15.3. The Morgan fingerprint density at radius 2 is 1.91 bits per heavy atom. The van der Waals surface area contributed by atoms with E-state index >= 15 is 0 Å². The van der Waals surface area contributed by atoms with Crippen LogP contribution < -0.4 is 4.74 Å². The first-order valence-corrected chi connectivity index (χ1v) is 8.69. The molecule has 0 aliphatic carbocycles. The molecule has 1 atom stereocenters. The van der Waals surface area contributed by atoms with Crippen molar-refractivity contribution in [3.05, 3.63) is 64.8 Å². The third kappa shape index (κ3) is 3.24. The zero-order chi connectivity index (χ0) is 15.5. The smallest absolute Gasteiger partial charge is 0.144 e. The standard InChI is InChI=1S/C16H14BrNO3S/c17-14-6-7-15(21-10-12-4-2-1-3-5-12)16-13(14)8-9-18(16)11-22(19)20/h1-9H,10-11H2,(H,19,20)/p-1. The van der Waals surface area contributed by atoms with Gasteiger partial charge in [-0.2, -0.15) is 0 Å². The van der Waals surface area contributed by atoms with Crippen molar-refractivity contribution >= 4 is 37.9 Å². The highest BCUT2D eigenvalue weighted by Crippen LogP contribution is 2.33. The normalized spacial score (nSPS) is 12.5. The van der Waals surface area contributed by atoms with Crippen LogP contribution in [0.3, 0.4) is 0 Å². The first-order valence-electron chi connectivity index (χ1n) is 6.65. The SMILES string of the molecule is O=S([O-])Cn1ccc2c(Br)ccc(OCc3ccccc3)c21. The van der Waals surface area contributed by atoms with Crippen LogP contribution in [-0.2, 0) is 23.6 Å². The van der Waals surface area contributed by atoms with E-state index in [0.717, 1.165) is 20.9 Å². The van der Waals surface area contributed by atoms with Crippen molar-refractivity contribution in [3.8, 4) is 5.75 Å². The van der Waals surface area contributed by atoms with Gasteiger partial charge in [-0.25, -0.2) is 0 Å². The zero-order valence-corrected chi connectivity index (χ0v) is 14.0. The van der Waals surface area contributed by atoms with Crippen molar-refractivity contribution in [3.63, 3.8) is 0 Å². The molecule has 3 aromatic rings. The van der Waals surface area contributed by atoms with Crippen molar-refractivity contribution in [2.45, 2.75) is 12.5 Å². The van der Waals surface area contributed by atoms with Gasteiger partial charge in [0, 0.05) is 16.1 Å². The van der Waals surface area contributed by atoms with E-state index in [0.29, 0.717) is 12.4 Å². The highest BCUT2D eigenvalue weighted by atomic mass is 79.9. The fourth-order valence-electron chi connectivity index (χ4n) is 2.33. The molecule has 114 valence electrons. The van der Waals surface area contributed by atoms with E-state index in [4.69, 9.17) is 4.74 Å². The largest absolute Gasteiger partial charge is 0.771 e. The Morgan fingerprint density at radius 1 is 1.14 bits per heavy atom. The van der Waals surface area contributed by atoms with Crippen molar-refractivity contribution in [2.24, 2.45) is 0 Å². The minimum absolute atomic E-state index is 0.0956. The molecule has 1 unspecified atom stereocenters. The average Bonchev–Trinajstić information content (AvgIpc) is 2.92. The van der Waals surface area contributed by atoms with E-state index in [1.165, 1.54) is 0 Å². The van der Waals surface area contributed by atoms with Crippen LogP contribution in [0.2, 0.25) is 0 Å². The molecule has 4 nitrogen and oxygen atoms in total. The number of hydrogen-bond donors (Lipinski definition) is 0. The summed E-state index contributed by atoms with van der Waals surface area (Å²) in [6.07, 6.45) is 1.75. The van der Waals surface area contributed by atoms with Gasteiger partial charge in [-0.05, 0) is 34.8 Å². The molecule has 2 aromatic carbocycles. The Bertz CT molecular complexity index is 817. The Morgan fingerprint density at radius 3 is 2.64 bits per heavy atom. The predicted octanol–water partition coefficient (Wildman–Crippen LogP) is 3.82. The molecule has 0 bridgehead atoms. The number of benzene rings is 2. The third-order valence-corrected chi connectivity index (χ3v) is 4.50. The van der Waals surface area contributed by atoms with Gasteiger partial charge in [0.2, 0.25) is 0 Å². The number of rotatable bonds is 5. The second-order valence-electron chi connectivity index (χ2n) is 4.80. The van der Waals surface area contributed by atoms with Gasteiger partial charge in [-0.3, -0.25) is 4.21 Å². The highest BCUT2D eigenvalue weighted by Gasteiger charge is 2.11. The van der Waals surface area contributed by atoms with Gasteiger partial charge in [0.1, 0.15) is 12.4 Å². The van der Waals surface area contributed by atoms with Crippen LogP contribution in [0.15, 0.2) is 59.2 Å². The number of ether oxygens (including phenoxy) is 1. The van der Waals surface area contributed by atoms with Gasteiger partial charge in [0.25, 0.3) is 0 Å². The number of hydrogen-bond acceptors (Lipinski definition) is 3. The van der Waals surface area contributed by atoms with Crippen LogP contribution in [0.5, 0.6) is 5.75 Å². The van der Waals surface area contributed by atoms with Crippen molar-refractivity contribution in [1.29, 1.82) is 0 Å². The van der Waals surface area contributed by atoms with Crippen LogP contribution in [0.4, 0.5) is 0 Å². The summed E-state index contributed by atoms with van der Waals surface area (Å²) in [5.74, 6) is 0.569. The Hall–Kier alpha value is -1.63. The summed E-state index contributed by atoms with van der Waals surface area (Å²) in [6.45, 7) is 0.434. The van der Waals surface area contributed by atoms with E-state index in [-0.39, 0.29) is 5.88 Å². The first-order chi connectivity index (χ1) is 10.6. The molecule has 0 fully saturated rings. The van der Waals surface area contributed by atoms with Crippen molar-refractivity contribution in [2.75, 3.05) is 0 Å². The van der Waals surface area contributed by atoms with Gasteiger partial charge in [0.15, 0.2) is 0 Å². The van der Waals surface area contributed by atoms with Gasteiger partial charge in [-0.1, -0.05) is 46.3 Å². The van der Waals surface area contributed by atoms with E-state index in [9.17, 15) is 8.76 Å². The highest BCUT2D eigenvalue weighted by molar-refractivity contribution is 9.10. The summed E-state index contributed by atoms with van der Waals surface area (Å²) >= 11 is 1.32. The Kier molecular flexibility index (Phi) is 4.61. The molecule has 22 heavy (non-hydrogen) atoms. The van der Waals surface area contributed by atoms with E-state index < -0.39 is 11.1 Å². The van der Waals surface area contributed by atoms with E-state index in [1.807, 2.05) is 48.5 Å². The fourth-order valence-corrected chi connectivity index (χ4v) is 3.22. The monoisotopic (exact) mass is 378 g/mol. The molecule has 3 rings (SSSR count). The summed E-state index contributed by atoms with van der Waals surface area (Å²) in [4.78, 5) is 0. The third-order valence-electron chi connectivity index (χ3n) is 3.32. The molecular weight excluding hydrogens is 366 g/mol. The number of fused-ring (bicyclic) bond motifs is 1. The maximum atomic E-state index is 11.0. The molecule has 0 aliphatic rings. The van der Waals surface area contributed by atoms with Crippen LogP contribution in [-0.4, -0.2) is 13.3 Å². The minimum atomic E-state index is -2.16. The van der Waals surface area contributed by atoms with Crippen molar-refractivity contribution in [1.82, 2.24) is 4.57 Å². The summed E-state index contributed by atoms with van der Waals surface area (Å²) in [5, 5.41) is 0.927. The lowest BCUT2D eigenvalue weighted by Gasteiger charge is -2.13. The quantitative estimate of drug-likeness (QED) is 0.634. The van der Waals surface area contributed by atoms with Gasteiger partial charge in [-0.15, -0.1) is 0 Å². The topological polar surface area (TPSA) is 54.3 Å². The fraction of sp³-hybridized carbons (Fsp3) is 0.125. The van der Waals surface area contributed by atoms with Crippen LogP contribution in [0, 0.1) is 0 Å². The van der Waals surface area contributed by atoms with Crippen LogP contribution in [0.1, 0.15) is 5.56 Å². The molecular formula is C16H13BrNO3S-. The Balaban J connectivity index is 1.96. The second-order valence-corrected chi connectivity index (χ2v) is 6.52. The molecule has 0 radical (unpaired) electrons. The van der Waals surface area contributed by atoms with Crippen molar-refractivity contribution < 1.29 is 13.5 Å². The molecule has 0 saturated carbocycles. The minimum Gasteiger partial charge on any atom is -0.771 e. The summed E-state index contributed by atoms with van der Waals surface area (Å²) < 4.78 is 30.5. The maximum Gasteiger partial charge on any atom is 0.144 e. The molecule has 0 N–H and O–H groups in total. The van der Waals surface area contributed by atoms with E-state index in [2.05, 4.69) is 15.9 Å². The molecule has 0 spiro atoms. The molecule has 1 heterocycles. The maximum absolute atomic E-state index is 11.0. The molecule has 1 aromatic heterocycles. The van der Waals surface area contributed by atoms with Gasteiger partial charge < -0.3 is 13.9 Å². The van der Waals surface area contributed by atoms with E-state index in [1.54, 1.807) is 10.8 Å². The zero-order valence-electron chi connectivity index (χ0n) is 11.6. The summed E-state index contributed by atoms with van der Waals surface area (Å²) in [7, 11) is 0. The van der Waals surface area contributed by atoms with Gasteiger partial charge >= 0.3 is 0 Å².